The van der Waals surface area contributed by atoms with Crippen molar-refractivity contribution in [2.24, 2.45) is 16.6 Å². The fourth-order valence-corrected chi connectivity index (χ4v) is 0.895. The van der Waals surface area contributed by atoms with E-state index in [1.165, 1.54) is 0 Å². The highest BCUT2D eigenvalue weighted by Crippen LogP contribution is 2.07. The maximum absolute atomic E-state index is 10.5. The van der Waals surface area contributed by atoms with Gasteiger partial charge in [-0.2, -0.15) is 0 Å². The van der Waals surface area contributed by atoms with Crippen molar-refractivity contribution in [2.75, 3.05) is 6.54 Å². The molecule has 1 aliphatic rings. The molecule has 3 heteroatoms. The number of carbonyl (C=O) groups is 1. The summed E-state index contributed by atoms with van der Waals surface area (Å²) in [5.74, 6) is -0.350. The van der Waals surface area contributed by atoms with Gasteiger partial charge in [0.1, 0.15) is 0 Å². The molecule has 0 fully saturated rings. The SMILES string of the molecule is NC(=O)[C@H]1C=NCCC1. The second-order valence-electron chi connectivity index (χ2n) is 2.21. The Bertz CT molecular complexity index is 142. The van der Waals surface area contributed by atoms with Gasteiger partial charge in [-0.25, -0.2) is 0 Å². The van der Waals surface area contributed by atoms with E-state index in [4.69, 9.17) is 5.73 Å². The van der Waals surface area contributed by atoms with E-state index in [-0.39, 0.29) is 11.8 Å². The van der Waals surface area contributed by atoms with Crippen molar-refractivity contribution in [3.63, 3.8) is 0 Å². The summed E-state index contributed by atoms with van der Waals surface area (Å²) >= 11 is 0. The molecule has 0 radical (unpaired) electrons. The van der Waals surface area contributed by atoms with E-state index in [1.807, 2.05) is 0 Å². The highest BCUT2D eigenvalue weighted by Gasteiger charge is 2.13. The number of rotatable bonds is 1. The Morgan fingerprint density at radius 1 is 1.78 bits per heavy atom. The summed E-state index contributed by atoms with van der Waals surface area (Å²) in [4.78, 5) is 14.4. The molecule has 1 rings (SSSR count). The second kappa shape index (κ2) is 2.62. The average molecular weight is 126 g/mol. The van der Waals surface area contributed by atoms with Gasteiger partial charge in [-0.1, -0.05) is 0 Å². The number of aliphatic imine (C=N–C) groups is 1. The summed E-state index contributed by atoms with van der Waals surface area (Å²) in [6, 6.07) is 0. The highest BCUT2D eigenvalue weighted by molar-refractivity contribution is 5.92. The van der Waals surface area contributed by atoms with E-state index < -0.39 is 0 Å². The van der Waals surface area contributed by atoms with Crippen molar-refractivity contribution in [1.82, 2.24) is 0 Å². The van der Waals surface area contributed by atoms with Gasteiger partial charge in [0.25, 0.3) is 0 Å². The van der Waals surface area contributed by atoms with E-state index in [0.29, 0.717) is 0 Å². The van der Waals surface area contributed by atoms with Crippen molar-refractivity contribution in [1.29, 1.82) is 0 Å². The summed E-state index contributed by atoms with van der Waals surface area (Å²) in [5, 5.41) is 0. The number of amides is 1. The lowest BCUT2D eigenvalue weighted by atomic mass is 10.0. The zero-order valence-corrected chi connectivity index (χ0v) is 5.21. The van der Waals surface area contributed by atoms with Gasteiger partial charge < -0.3 is 5.73 Å². The number of nitrogens with zero attached hydrogens (tertiary/aromatic N) is 1. The van der Waals surface area contributed by atoms with Gasteiger partial charge in [-0.05, 0) is 12.8 Å². The topological polar surface area (TPSA) is 55.5 Å². The number of primary amides is 1. The fraction of sp³-hybridized carbons (Fsp3) is 0.667. The molecule has 1 amide bonds. The van der Waals surface area contributed by atoms with Crippen LogP contribution in [0.15, 0.2) is 4.99 Å². The smallest absolute Gasteiger partial charge is 0.225 e. The Morgan fingerprint density at radius 2 is 2.56 bits per heavy atom. The van der Waals surface area contributed by atoms with Gasteiger partial charge in [-0.3, -0.25) is 9.79 Å². The van der Waals surface area contributed by atoms with Crippen LogP contribution in [0.2, 0.25) is 0 Å². The van der Waals surface area contributed by atoms with Crippen molar-refractivity contribution in [3.8, 4) is 0 Å². The molecular weight excluding hydrogens is 116 g/mol. The second-order valence-corrected chi connectivity index (χ2v) is 2.21. The fourth-order valence-electron chi connectivity index (χ4n) is 0.895. The quantitative estimate of drug-likeness (QED) is 0.526. The largest absolute Gasteiger partial charge is 0.369 e. The standard InChI is InChI=1S/C6H10N2O/c7-6(9)5-2-1-3-8-4-5/h4-5H,1-3H2,(H2,7,9)/t5-/m1/s1. The minimum absolute atomic E-state index is 0.0984. The molecule has 0 bridgehead atoms. The summed E-state index contributed by atoms with van der Waals surface area (Å²) in [6.07, 6.45) is 3.52. The predicted octanol–water partition coefficient (Wildman–Crippen LogP) is -0.0475. The number of hydrogen-bond acceptors (Lipinski definition) is 2. The molecule has 9 heavy (non-hydrogen) atoms. The maximum Gasteiger partial charge on any atom is 0.225 e. The number of hydrogen-bond donors (Lipinski definition) is 1. The molecule has 0 aliphatic carbocycles. The Kier molecular flexibility index (Phi) is 1.82. The van der Waals surface area contributed by atoms with E-state index >= 15 is 0 Å². The Hall–Kier alpha value is -0.860. The summed E-state index contributed by atoms with van der Waals surface area (Å²) in [5.41, 5.74) is 5.04. The third kappa shape index (κ3) is 1.52. The molecule has 1 atom stereocenters. The normalized spacial score (nSPS) is 26.0. The van der Waals surface area contributed by atoms with Crippen LogP contribution in [0.1, 0.15) is 12.8 Å². The van der Waals surface area contributed by atoms with Crippen LogP contribution in [0.25, 0.3) is 0 Å². The molecule has 0 aromatic carbocycles. The first kappa shape index (κ1) is 6.26. The average Bonchev–Trinajstić information content (AvgIpc) is 1.90. The molecule has 2 N–H and O–H groups in total. The monoisotopic (exact) mass is 126 g/mol. The van der Waals surface area contributed by atoms with E-state index in [9.17, 15) is 4.79 Å². The lowest BCUT2D eigenvalue weighted by Gasteiger charge is -2.10. The van der Waals surface area contributed by atoms with Crippen LogP contribution in [0.5, 0.6) is 0 Å². The lowest BCUT2D eigenvalue weighted by molar-refractivity contribution is -0.120. The Labute approximate surface area is 54.0 Å². The van der Waals surface area contributed by atoms with Crippen LogP contribution in [0.4, 0.5) is 0 Å². The van der Waals surface area contributed by atoms with Crippen LogP contribution in [0.3, 0.4) is 0 Å². The molecule has 0 unspecified atom stereocenters. The van der Waals surface area contributed by atoms with E-state index in [0.717, 1.165) is 19.4 Å². The first-order valence-electron chi connectivity index (χ1n) is 3.10. The van der Waals surface area contributed by atoms with Crippen LogP contribution in [-0.2, 0) is 4.79 Å². The molecule has 1 heterocycles. The maximum atomic E-state index is 10.5. The van der Waals surface area contributed by atoms with Crippen LogP contribution < -0.4 is 5.73 Å². The third-order valence-corrected chi connectivity index (χ3v) is 1.45. The molecule has 0 aromatic rings. The zero-order chi connectivity index (χ0) is 6.69. The van der Waals surface area contributed by atoms with Gasteiger partial charge in [-0.15, -0.1) is 0 Å². The Morgan fingerprint density at radius 3 is 2.89 bits per heavy atom. The van der Waals surface area contributed by atoms with Crippen molar-refractivity contribution >= 4 is 12.1 Å². The van der Waals surface area contributed by atoms with Crippen molar-refractivity contribution < 1.29 is 4.79 Å². The lowest BCUT2D eigenvalue weighted by Crippen LogP contribution is -2.26. The van der Waals surface area contributed by atoms with Gasteiger partial charge >= 0.3 is 0 Å². The van der Waals surface area contributed by atoms with Gasteiger partial charge in [0.05, 0.1) is 5.92 Å². The summed E-state index contributed by atoms with van der Waals surface area (Å²) in [7, 11) is 0. The minimum atomic E-state index is -0.251. The molecule has 50 valence electrons. The number of nitrogens with two attached hydrogens (primary N) is 1. The highest BCUT2D eigenvalue weighted by atomic mass is 16.1. The summed E-state index contributed by atoms with van der Waals surface area (Å²) in [6.45, 7) is 0.851. The molecule has 1 aliphatic heterocycles. The van der Waals surface area contributed by atoms with Crippen molar-refractivity contribution in [3.05, 3.63) is 0 Å². The van der Waals surface area contributed by atoms with Crippen LogP contribution in [0, 0.1) is 5.92 Å². The summed E-state index contributed by atoms with van der Waals surface area (Å²) < 4.78 is 0. The van der Waals surface area contributed by atoms with Gasteiger partial charge in [0.15, 0.2) is 0 Å². The number of carbonyl (C=O) groups excluding carboxylic acids is 1. The van der Waals surface area contributed by atoms with Crippen LogP contribution >= 0.6 is 0 Å². The molecule has 0 saturated heterocycles. The Balaban J connectivity index is 2.50. The van der Waals surface area contributed by atoms with E-state index in [2.05, 4.69) is 4.99 Å². The van der Waals surface area contributed by atoms with E-state index in [1.54, 1.807) is 6.21 Å². The minimum Gasteiger partial charge on any atom is -0.369 e. The first-order chi connectivity index (χ1) is 4.30. The third-order valence-electron chi connectivity index (χ3n) is 1.45. The van der Waals surface area contributed by atoms with Gasteiger partial charge in [0.2, 0.25) is 5.91 Å². The van der Waals surface area contributed by atoms with Gasteiger partial charge in [0, 0.05) is 12.8 Å². The molecule has 3 nitrogen and oxygen atoms in total. The van der Waals surface area contributed by atoms with Crippen molar-refractivity contribution in [2.45, 2.75) is 12.8 Å². The first-order valence-corrected chi connectivity index (χ1v) is 3.10. The van der Waals surface area contributed by atoms with Crippen LogP contribution in [-0.4, -0.2) is 18.7 Å². The molecule has 0 saturated carbocycles. The molecule has 0 aromatic heterocycles. The predicted molar refractivity (Wildman–Crippen MR) is 35.3 cm³/mol. The zero-order valence-electron chi connectivity index (χ0n) is 5.21. The molecule has 0 spiro atoms. The molecular formula is C6H10N2O.